The van der Waals surface area contributed by atoms with E-state index in [1.54, 1.807) is 0 Å². The first kappa shape index (κ1) is 18.4. The van der Waals surface area contributed by atoms with Crippen molar-refractivity contribution < 1.29 is 0 Å². The Labute approximate surface area is 132 Å². The van der Waals surface area contributed by atoms with Gasteiger partial charge in [-0.05, 0) is 37.3 Å². The van der Waals surface area contributed by atoms with Crippen LogP contribution in [-0.2, 0) is 0 Å². The maximum atomic E-state index is 4.51. The lowest BCUT2D eigenvalue weighted by Gasteiger charge is -2.20. The van der Waals surface area contributed by atoms with E-state index in [2.05, 4.69) is 36.3 Å². The van der Waals surface area contributed by atoms with Crippen LogP contribution in [-0.4, -0.2) is 24.4 Å². The molecule has 0 saturated heterocycles. The van der Waals surface area contributed by atoms with Gasteiger partial charge in [-0.2, -0.15) is 0 Å². The molecule has 0 unspecified atom stereocenters. The molecule has 0 aliphatic rings. The molecule has 0 aliphatic carbocycles. The van der Waals surface area contributed by atoms with E-state index in [9.17, 15) is 0 Å². The van der Waals surface area contributed by atoms with Gasteiger partial charge in [-0.25, -0.2) is 4.98 Å². The average Bonchev–Trinajstić information content (AvgIpc) is 2.53. The van der Waals surface area contributed by atoms with Gasteiger partial charge in [-0.15, -0.1) is 0 Å². The fourth-order valence-electron chi connectivity index (χ4n) is 2.66. The van der Waals surface area contributed by atoms with E-state index in [1.165, 1.54) is 69.0 Å². The summed E-state index contributed by atoms with van der Waals surface area (Å²) in [6.45, 7) is 4.57. The van der Waals surface area contributed by atoms with Crippen molar-refractivity contribution >= 4 is 19.0 Å². The summed E-state index contributed by atoms with van der Waals surface area (Å²) in [5.74, 6) is 1.11. The van der Waals surface area contributed by atoms with Crippen LogP contribution >= 0.6 is 7.92 Å². The van der Waals surface area contributed by atoms with Gasteiger partial charge in [0, 0.05) is 18.5 Å². The van der Waals surface area contributed by atoms with Gasteiger partial charge in [-0.1, -0.05) is 60.3 Å². The smallest absolute Gasteiger partial charge is 0.133 e. The Morgan fingerprint density at radius 3 is 2.10 bits per heavy atom. The van der Waals surface area contributed by atoms with Crippen molar-refractivity contribution in [3.8, 4) is 0 Å². The van der Waals surface area contributed by atoms with Gasteiger partial charge < -0.3 is 5.32 Å². The summed E-state index contributed by atoms with van der Waals surface area (Å²) in [6, 6.07) is 4.40. The van der Waals surface area contributed by atoms with E-state index in [1.807, 2.05) is 13.2 Å². The SMILES string of the molecule is CCCCCCP(CCCCCC)c1cccnc1NC. The third kappa shape index (κ3) is 7.27. The van der Waals surface area contributed by atoms with Crippen LogP contribution in [0.3, 0.4) is 0 Å². The van der Waals surface area contributed by atoms with Gasteiger partial charge >= 0.3 is 0 Å². The van der Waals surface area contributed by atoms with E-state index < -0.39 is 0 Å². The molecule has 0 aliphatic heterocycles. The summed E-state index contributed by atoms with van der Waals surface area (Å²) in [5, 5.41) is 4.77. The molecule has 120 valence electrons. The minimum absolute atomic E-state index is 0.0406. The first-order valence-corrected chi connectivity index (χ1v) is 10.4. The lowest BCUT2D eigenvalue weighted by Crippen LogP contribution is -2.13. The first-order chi connectivity index (χ1) is 10.3. The van der Waals surface area contributed by atoms with Crippen LogP contribution < -0.4 is 10.6 Å². The molecule has 3 heteroatoms. The molecule has 1 aromatic heterocycles. The Hall–Kier alpha value is -0.620. The summed E-state index contributed by atoms with van der Waals surface area (Å²) < 4.78 is 0. The highest BCUT2D eigenvalue weighted by molar-refractivity contribution is 7.65. The molecule has 0 amide bonds. The Kier molecular flexibility index (Phi) is 10.5. The topological polar surface area (TPSA) is 24.9 Å². The Bertz CT molecular complexity index is 356. The molecule has 1 rings (SSSR count). The molecular formula is C18H33N2P. The van der Waals surface area contributed by atoms with Crippen LogP contribution in [0.25, 0.3) is 0 Å². The second kappa shape index (κ2) is 12.0. The van der Waals surface area contributed by atoms with Crippen LogP contribution in [0.1, 0.15) is 65.2 Å². The summed E-state index contributed by atoms with van der Waals surface area (Å²) >= 11 is 0. The van der Waals surface area contributed by atoms with Crippen LogP contribution in [0.15, 0.2) is 18.3 Å². The average molecular weight is 308 g/mol. The van der Waals surface area contributed by atoms with Gasteiger partial charge in [0.25, 0.3) is 0 Å². The number of anilines is 1. The van der Waals surface area contributed by atoms with Crippen molar-refractivity contribution in [3.63, 3.8) is 0 Å². The molecule has 0 saturated carbocycles. The molecule has 0 bridgehead atoms. The quantitative estimate of drug-likeness (QED) is 0.413. The zero-order chi connectivity index (χ0) is 15.3. The zero-order valence-electron chi connectivity index (χ0n) is 14.2. The minimum Gasteiger partial charge on any atom is -0.373 e. The molecule has 0 atom stereocenters. The summed E-state index contributed by atoms with van der Waals surface area (Å²) in [7, 11) is 1.95. The summed E-state index contributed by atoms with van der Waals surface area (Å²) in [5.41, 5.74) is 0. The van der Waals surface area contributed by atoms with Gasteiger partial charge in [0.2, 0.25) is 0 Å². The molecule has 0 fully saturated rings. The number of unbranched alkanes of at least 4 members (excludes halogenated alkanes) is 6. The molecule has 2 nitrogen and oxygen atoms in total. The highest BCUT2D eigenvalue weighted by Gasteiger charge is 2.14. The second-order valence-electron chi connectivity index (χ2n) is 5.73. The highest BCUT2D eigenvalue weighted by atomic mass is 31.1. The van der Waals surface area contributed by atoms with Crippen molar-refractivity contribution in [1.82, 2.24) is 4.98 Å². The van der Waals surface area contributed by atoms with Crippen molar-refractivity contribution in [1.29, 1.82) is 0 Å². The monoisotopic (exact) mass is 308 g/mol. The number of nitrogens with zero attached hydrogens (tertiary/aromatic N) is 1. The lowest BCUT2D eigenvalue weighted by atomic mass is 10.2. The predicted octanol–water partition coefficient (Wildman–Crippen LogP) is 5.39. The second-order valence-corrected chi connectivity index (χ2v) is 8.19. The Morgan fingerprint density at radius 1 is 0.952 bits per heavy atom. The minimum atomic E-state index is -0.0406. The zero-order valence-corrected chi connectivity index (χ0v) is 15.1. The molecule has 21 heavy (non-hydrogen) atoms. The molecular weight excluding hydrogens is 275 g/mol. The van der Waals surface area contributed by atoms with Crippen molar-refractivity contribution in [2.24, 2.45) is 0 Å². The number of pyridine rings is 1. The highest BCUT2D eigenvalue weighted by Crippen LogP contribution is 2.39. The van der Waals surface area contributed by atoms with Gasteiger partial charge in [0.1, 0.15) is 5.82 Å². The molecule has 1 aromatic rings. The lowest BCUT2D eigenvalue weighted by molar-refractivity contribution is 0.697. The van der Waals surface area contributed by atoms with E-state index in [4.69, 9.17) is 0 Å². The fraction of sp³-hybridized carbons (Fsp3) is 0.722. The van der Waals surface area contributed by atoms with E-state index in [0.717, 1.165) is 5.82 Å². The van der Waals surface area contributed by atoms with Crippen molar-refractivity contribution in [3.05, 3.63) is 18.3 Å². The van der Waals surface area contributed by atoms with Crippen LogP contribution in [0.5, 0.6) is 0 Å². The van der Waals surface area contributed by atoms with Crippen LogP contribution in [0, 0.1) is 0 Å². The summed E-state index contributed by atoms with van der Waals surface area (Å²) in [6.07, 6.45) is 15.6. The molecule has 1 N–H and O–H groups in total. The number of aromatic nitrogens is 1. The van der Waals surface area contributed by atoms with E-state index >= 15 is 0 Å². The predicted molar refractivity (Wildman–Crippen MR) is 98.4 cm³/mol. The fourth-order valence-corrected chi connectivity index (χ4v) is 5.34. The van der Waals surface area contributed by atoms with Crippen molar-refractivity contribution in [2.45, 2.75) is 65.2 Å². The number of hydrogen-bond acceptors (Lipinski definition) is 2. The maximum Gasteiger partial charge on any atom is 0.133 e. The third-order valence-electron chi connectivity index (χ3n) is 3.93. The van der Waals surface area contributed by atoms with Gasteiger partial charge in [0.15, 0.2) is 0 Å². The molecule has 1 heterocycles. The third-order valence-corrected chi connectivity index (χ3v) is 6.68. The maximum absolute atomic E-state index is 4.51. The van der Waals surface area contributed by atoms with Crippen LogP contribution in [0.4, 0.5) is 5.82 Å². The first-order valence-electron chi connectivity index (χ1n) is 8.71. The standard InChI is InChI=1S/C18H33N2P/c1-4-6-8-10-15-21(16-11-9-7-5-2)17-13-12-14-20-18(17)19-3/h12-14H,4-11,15-16H2,1-3H3,(H,19,20). The van der Waals surface area contributed by atoms with E-state index in [-0.39, 0.29) is 7.92 Å². The van der Waals surface area contributed by atoms with Crippen molar-refractivity contribution in [2.75, 3.05) is 24.7 Å². The van der Waals surface area contributed by atoms with Gasteiger partial charge in [0.05, 0.1) is 0 Å². The van der Waals surface area contributed by atoms with Crippen LogP contribution in [0.2, 0.25) is 0 Å². The number of rotatable bonds is 12. The Balaban J connectivity index is 2.60. The number of hydrogen-bond donors (Lipinski definition) is 1. The van der Waals surface area contributed by atoms with E-state index in [0.29, 0.717) is 0 Å². The molecule has 0 aromatic carbocycles. The summed E-state index contributed by atoms with van der Waals surface area (Å²) in [4.78, 5) is 4.51. The normalized spacial score (nSPS) is 11.0. The molecule has 0 spiro atoms. The molecule has 0 radical (unpaired) electrons. The number of nitrogens with one attached hydrogen (secondary N) is 1. The Morgan fingerprint density at radius 2 is 1.57 bits per heavy atom. The van der Waals surface area contributed by atoms with Gasteiger partial charge in [-0.3, -0.25) is 0 Å². The largest absolute Gasteiger partial charge is 0.373 e.